The van der Waals surface area contributed by atoms with Crippen molar-refractivity contribution >= 4 is 21.6 Å². The molecule has 0 aliphatic carbocycles. The van der Waals surface area contributed by atoms with Gasteiger partial charge in [-0.3, -0.25) is 0 Å². The molecule has 2 nitrogen and oxygen atoms in total. The molecule has 15 heavy (non-hydrogen) atoms. The Morgan fingerprint density at radius 1 is 1.40 bits per heavy atom. The summed E-state index contributed by atoms with van der Waals surface area (Å²) in [5, 5.41) is 8.86. The van der Waals surface area contributed by atoms with Gasteiger partial charge in [0.25, 0.3) is 0 Å². The Bertz CT molecular complexity index is 380. The molecular weight excluding hydrogens is 252 g/mol. The summed E-state index contributed by atoms with van der Waals surface area (Å²) in [5.74, 6) is 0.611. The van der Waals surface area contributed by atoms with E-state index in [1.807, 2.05) is 25.2 Å². The van der Waals surface area contributed by atoms with Gasteiger partial charge in [0.2, 0.25) is 0 Å². The van der Waals surface area contributed by atoms with Crippen LogP contribution in [0.5, 0.6) is 0 Å². The van der Waals surface area contributed by atoms with Gasteiger partial charge >= 0.3 is 0 Å². The summed E-state index contributed by atoms with van der Waals surface area (Å²) in [4.78, 5) is 2.16. The van der Waals surface area contributed by atoms with E-state index < -0.39 is 0 Å². The molecule has 0 N–H and O–H groups in total. The minimum Gasteiger partial charge on any atom is -0.374 e. The molecule has 0 aromatic heterocycles. The quantitative estimate of drug-likeness (QED) is 0.839. The Hall–Kier alpha value is -1.01. The molecule has 0 spiro atoms. The van der Waals surface area contributed by atoms with Crippen LogP contribution < -0.4 is 4.90 Å². The Labute approximate surface area is 99.6 Å². The first-order valence-electron chi connectivity index (χ1n) is 4.94. The van der Waals surface area contributed by atoms with Crippen LogP contribution in [0.4, 0.5) is 5.69 Å². The SMILES string of the molecule is CC(C)CN(C)c1cc(Br)cc(C#N)c1. The third-order valence-corrected chi connectivity index (χ3v) is 2.55. The first-order valence-corrected chi connectivity index (χ1v) is 5.74. The normalized spacial score (nSPS) is 10.1. The monoisotopic (exact) mass is 266 g/mol. The van der Waals surface area contributed by atoms with Crippen molar-refractivity contribution in [3.8, 4) is 6.07 Å². The molecule has 0 amide bonds. The summed E-state index contributed by atoms with van der Waals surface area (Å²) in [6.45, 7) is 5.35. The van der Waals surface area contributed by atoms with E-state index in [1.54, 1.807) is 0 Å². The van der Waals surface area contributed by atoms with E-state index in [2.05, 4.69) is 40.7 Å². The standard InChI is InChI=1S/C12H15BrN2/c1-9(2)8-15(3)12-5-10(7-14)4-11(13)6-12/h4-6,9H,8H2,1-3H3. The zero-order chi connectivity index (χ0) is 11.4. The molecule has 0 heterocycles. The van der Waals surface area contributed by atoms with E-state index >= 15 is 0 Å². The van der Waals surface area contributed by atoms with Crippen molar-refractivity contribution in [1.82, 2.24) is 0 Å². The number of anilines is 1. The van der Waals surface area contributed by atoms with Gasteiger partial charge in [-0.1, -0.05) is 29.8 Å². The molecule has 0 atom stereocenters. The second-order valence-corrected chi connectivity index (χ2v) is 5.00. The maximum Gasteiger partial charge on any atom is 0.0992 e. The molecule has 0 fully saturated rings. The van der Waals surface area contributed by atoms with Crippen molar-refractivity contribution in [2.24, 2.45) is 5.92 Å². The Morgan fingerprint density at radius 2 is 2.07 bits per heavy atom. The molecule has 0 bridgehead atoms. The maximum atomic E-state index is 8.86. The van der Waals surface area contributed by atoms with E-state index in [0.717, 1.165) is 16.7 Å². The van der Waals surface area contributed by atoms with Crippen LogP contribution in [0.2, 0.25) is 0 Å². The van der Waals surface area contributed by atoms with E-state index in [-0.39, 0.29) is 0 Å². The zero-order valence-corrected chi connectivity index (χ0v) is 10.9. The Morgan fingerprint density at radius 3 is 2.60 bits per heavy atom. The first kappa shape index (κ1) is 12.1. The van der Waals surface area contributed by atoms with Gasteiger partial charge < -0.3 is 4.90 Å². The van der Waals surface area contributed by atoms with Crippen molar-refractivity contribution in [3.63, 3.8) is 0 Å². The first-order chi connectivity index (χ1) is 7.02. The summed E-state index contributed by atoms with van der Waals surface area (Å²) in [7, 11) is 2.04. The molecule has 0 saturated heterocycles. The fraction of sp³-hybridized carbons (Fsp3) is 0.417. The fourth-order valence-electron chi connectivity index (χ4n) is 1.51. The molecule has 0 radical (unpaired) electrons. The number of nitriles is 1. The fourth-order valence-corrected chi connectivity index (χ4v) is 1.99. The third kappa shape index (κ3) is 3.56. The van der Waals surface area contributed by atoms with Crippen LogP contribution in [0.1, 0.15) is 19.4 Å². The molecule has 0 unspecified atom stereocenters. The number of halogens is 1. The van der Waals surface area contributed by atoms with Gasteiger partial charge in [0, 0.05) is 23.8 Å². The molecule has 1 aromatic carbocycles. The smallest absolute Gasteiger partial charge is 0.0992 e. The second-order valence-electron chi connectivity index (χ2n) is 4.08. The third-order valence-electron chi connectivity index (χ3n) is 2.09. The van der Waals surface area contributed by atoms with Crippen molar-refractivity contribution in [3.05, 3.63) is 28.2 Å². The highest BCUT2D eigenvalue weighted by atomic mass is 79.9. The largest absolute Gasteiger partial charge is 0.374 e. The van der Waals surface area contributed by atoms with Crippen molar-refractivity contribution in [1.29, 1.82) is 5.26 Å². The predicted molar refractivity (Wildman–Crippen MR) is 67.0 cm³/mol. The van der Waals surface area contributed by atoms with Crippen LogP contribution in [0.15, 0.2) is 22.7 Å². The summed E-state index contributed by atoms with van der Waals surface area (Å²) in [6, 6.07) is 7.93. The van der Waals surface area contributed by atoms with E-state index in [9.17, 15) is 0 Å². The lowest BCUT2D eigenvalue weighted by atomic mass is 10.1. The van der Waals surface area contributed by atoms with Crippen LogP contribution in [0.3, 0.4) is 0 Å². The summed E-state index contributed by atoms with van der Waals surface area (Å²) in [6.07, 6.45) is 0. The van der Waals surface area contributed by atoms with Crippen molar-refractivity contribution in [2.75, 3.05) is 18.5 Å². The molecule has 1 rings (SSSR count). The second kappa shape index (κ2) is 5.18. The summed E-state index contributed by atoms with van der Waals surface area (Å²) in [5.41, 5.74) is 1.77. The van der Waals surface area contributed by atoms with Crippen molar-refractivity contribution in [2.45, 2.75) is 13.8 Å². The van der Waals surface area contributed by atoms with Crippen LogP contribution in [0, 0.1) is 17.2 Å². The van der Waals surface area contributed by atoms with Crippen LogP contribution in [-0.2, 0) is 0 Å². The topological polar surface area (TPSA) is 27.0 Å². The van der Waals surface area contributed by atoms with E-state index in [0.29, 0.717) is 11.5 Å². The van der Waals surface area contributed by atoms with Crippen LogP contribution in [-0.4, -0.2) is 13.6 Å². The van der Waals surface area contributed by atoms with Gasteiger partial charge in [-0.25, -0.2) is 0 Å². The van der Waals surface area contributed by atoms with Crippen LogP contribution in [0.25, 0.3) is 0 Å². The Balaban J connectivity index is 2.94. The molecule has 80 valence electrons. The molecule has 1 aromatic rings. The highest BCUT2D eigenvalue weighted by molar-refractivity contribution is 9.10. The number of nitrogens with zero attached hydrogens (tertiary/aromatic N) is 2. The van der Waals surface area contributed by atoms with Gasteiger partial charge in [0.15, 0.2) is 0 Å². The van der Waals surface area contributed by atoms with E-state index in [1.165, 1.54) is 0 Å². The Kier molecular flexibility index (Phi) is 4.16. The minimum absolute atomic E-state index is 0.611. The average Bonchev–Trinajstić information content (AvgIpc) is 2.15. The summed E-state index contributed by atoms with van der Waals surface area (Å²) >= 11 is 3.41. The maximum absolute atomic E-state index is 8.86. The summed E-state index contributed by atoms with van der Waals surface area (Å²) < 4.78 is 0.951. The zero-order valence-electron chi connectivity index (χ0n) is 9.29. The van der Waals surface area contributed by atoms with Crippen molar-refractivity contribution < 1.29 is 0 Å². The highest BCUT2D eigenvalue weighted by Gasteiger charge is 2.05. The predicted octanol–water partition coefficient (Wildman–Crippen LogP) is 3.41. The average molecular weight is 267 g/mol. The molecule has 3 heteroatoms. The van der Waals surface area contributed by atoms with Gasteiger partial charge in [0.05, 0.1) is 11.6 Å². The lowest BCUT2D eigenvalue weighted by molar-refractivity contribution is 0.638. The lowest BCUT2D eigenvalue weighted by Gasteiger charge is -2.21. The lowest BCUT2D eigenvalue weighted by Crippen LogP contribution is -2.22. The van der Waals surface area contributed by atoms with Crippen LogP contribution >= 0.6 is 15.9 Å². The van der Waals surface area contributed by atoms with Gasteiger partial charge in [-0.15, -0.1) is 0 Å². The molecule has 0 saturated carbocycles. The van der Waals surface area contributed by atoms with Gasteiger partial charge in [0.1, 0.15) is 0 Å². The number of hydrogen-bond acceptors (Lipinski definition) is 2. The number of rotatable bonds is 3. The van der Waals surface area contributed by atoms with Gasteiger partial charge in [-0.05, 0) is 24.1 Å². The number of benzene rings is 1. The molecular formula is C12H15BrN2. The van der Waals surface area contributed by atoms with Gasteiger partial charge in [-0.2, -0.15) is 5.26 Å². The molecule has 0 aliphatic rings. The van der Waals surface area contributed by atoms with E-state index in [4.69, 9.17) is 5.26 Å². The minimum atomic E-state index is 0.611. The molecule has 0 aliphatic heterocycles. The number of hydrogen-bond donors (Lipinski definition) is 0. The highest BCUT2D eigenvalue weighted by Crippen LogP contribution is 2.22.